The molecule has 0 unspecified atom stereocenters. The van der Waals surface area contributed by atoms with Crippen LogP contribution in [0.4, 0.5) is 0 Å². The van der Waals surface area contributed by atoms with Crippen molar-refractivity contribution < 1.29 is 9.53 Å². The molecule has 0 heterocycles. The first-order valence-corrected chi connectivity index (χ1v) is 5.97. The smallest absolute Gasteiger partial charge is 0.235 e. The molecule has 0 atom stereocenters. The molecule has 0 spiro atoms. The number of hydrogen-bond donors (Lipinski definition) is 0. The SMILES string of the molecule is CCCO[C@H]1CC[C@](CC)(N=C=O)CC1. The lowest BCUT2D eigenvalue weighted by atomic mass is 9.79. The number of hydrogen-bond acceptors (Lipinski definition) is 3. The van der Waals surface area contributed by atoms with E-state index in [4.69, 9.17) is 4.74 Å². The molecule has 0 radical (unpaired) electrons. The minimum Gasteiger partial charge on any atom is -0.378 e. The van der Waals surface area contributed by atoms with Crippen LogP contribution in [0.3, 0.4) is 0 Å². The average Bonchev–Trinajstić information content (AvgIpc) is 2.29. The van der Waals surface area contributed by atoms with Crippen LogP contribution in [0.25, 0.3) is 0 Å². The number of carbonyl (C=O) groups excluding carboxylic acids is 1. The van der Waals surface area contributed by atoms with Gasteiger partial charge in [0, 0.05) is 6.61 Å². The maximum absolute atomic E-state index is 10.4. The maximum Gasteiger partial charge on any atom is 0.235 e. The van der Waals surface area contributed by atoms with Crippen molar-refractivity contribution >= 4 is 6.08 Å². The molecule has 3 nitrogen and oxygen atoms in total. The van der Waals surface area contributed by atoms with E-state index in [0.29, 0.717) is 6.10 Å². The molecule has 0 amide bonds. The van der Waals surface area contributed by atoms with Crippen molar-refractivity contribution in [2.75, 3.05) is 6.61 Å². The Morgan fingerprint density at radius 1 is 1.40 bits per heavy atom. The van der Waals surface area contributed by atoms with E-state index in [9.17, 15) is 4.79 Å². The third-order valence-electron chi connectivity index (χ3n) is 3.36. The average molecular weight is 211 g/mol. The van der Waals surface area contributed by atoms with Crippen molar-refractivity contribution in [2.24, 2.45) is 4.99 Å². The number of aliphatic imine (C=N–C) groups is 1. The van der Waals surface area contributed by atoms with E-state index in [1.54, 1.807) is 6.08 Å². The van der Waals surface area contributed by atoms with Crippen LogP contribution in [0.5, 0.6) is 0 Å². The Morgan fingerprint density at radius 2 is 2.07 bits per heavy atom. The molecule has 86 valence electrons. The highest BCUT2D eigenvalue weighted by Crippen LogP contribution is 2.35. The molecule has 1 rings (SSSR count). The van der Waals surface area contributed by atoms with Gasteiger partial charge in [-0.2, -0.15) is 4.99 Å². The predicted molar refractivity (Wildman–Crippen MR) is 59.6 cm³/mol. The summed E-state index contributed by atoms with van der Waals surface area (Å²) in [7, 11) is 0. The van der Waals surface area contributed by atoms with Crippen LogP contribution in [0.1, 0.15) is 52.4 Å². The van der Waals surface area contributed by atoms with Gasteiger partial charge in [-0.15, -0.1) is 0 Å². The monoisotopic (exact) mass is 211 g/mol. The number of isocyanates is 1. The topological polar surface area (TPSA) is 38.7 Å². The van der Waals surface area contributed by atoms with Gasteiger partial charge in [0.15, 0.2) is 0 Å². The Kier molecular flexibility index (Phi) is 5.00. The molecule has 3 heteroatoms. The van der Waals surface area contributed by atoms with Crippen molar-refractivity contribution in [1.82, 2.24) is 0 Å². The highest BCUT2D eigenvalue weighted by atomic mass is 16.5. The van der Waals surface area contributed by atoms with Crippen molar-refractivity contribution in [3.8, 4) is 0 Å². The molecular formula is C12H21NO2. The molecule has 0 aromatic heterocycles. The first-order chi connectivity index (χ1) is 7.26. The lowest BCUT2D eigenvalue weighted by Gasteiger charge is -2.35. The molecule has 0 aliphatic heterocycles. The summed E-state index contributed by atoms with van der Waals surface area (Å²) in [6, 6.07) is 0. The molecule has 1 aliphatic carbocycles. The lowest BCUT2D eigenvalue weighted by Crippen LogP contribution is -2.34. The molecule has 0 aromatic rings. The highest BCUT2D eigenvalue weighted by molar-refractivity contribution is 5.35. The van der Waals surface area contributed by atoms with Crippen molar-refractivity contribution in [2.45, 2.75) is 64.0 Å². The van der Waals surface area contributed by atoms with Gasteiger partial charge in [0.05, 0.1) is 11.6 Å². The Hall–Kier alpha value is -0.660. The molecule has 15 heavy (non-hydrogen) atoms. The molecule has 1 saturated carbocycles. The van der Waals surface area contributed by atoms with Crippen LogP contribution in [-0.4, -0.2) is 24.3 Å². The van der Waals surface area contributed by atoms with Gasteiger partial charge in [-0.1, -0.05) is 13.8 Å². The number of ether oxygens (including phenoxy) is 1. The summed E-state index contributed by atoms with van der Waals surface area (Å²) in [5.74, 6) is 0. The van der Waals surface area contributed by atoms with Crippen molar-refractivity contribution in [1.29, 1.82) is 0 Å². The minimum atomic E-state index is -0.131. The van der Waals surface area contributed by atoms with E-state index >= 15 is 0 Å². The van der Waals surface area contributed by atoms with Crippen LogP contribution >= 0.6 is 0 Å². The first kappa shape index (κ1) is 12.4. The zero-order valence-electron chi connectivity index (χ0n) is 9.79. The summed E-state index contributed by atoms with van der Waals surface area (Å²) in [5.41, 5.74) is -0.131. The van der Waals surface area contributed by atoms with Crippen LogP contribution in [-0.2, 0) is 9.53 Å². The highest BCUT2D eigenvalue weighted by Gasteiger charge is 2.33. The van der Waals surface area contributed by atoms with Gasteiger partial charge in [-0.05, 0) is 38.5 Å². The van der Waals surface area contributed by atoms with E-state index in [0.717, 1.165) is 45.1 Å². The zero-order valence-corrected chi connectivity index (χ0v) is 9.79. The first-order valence-electron chi connectivity index (χ1n) is 5.97. The van der Waals surface area contributed by atoms with Crippen LogP contribution in [0.15, 0.2) is 4.99 Å². The lowest BCUT2D eigenvalue weighted by molar-refractivity contribution is 0.0135. The second-order valence-electron chi connectivity index (χ2n) is 4.35. The standard InChI is InChI=1S/C12H21NO2/c1-3-9-15-11-5-7-12(4-2,8-6-11)13-10-14/h11H,3-9H2,1-2H3/t11-,12-. The zero-order chi connectivity index (χ0) is 11.1. The third-order valence-corrected chi connectivity index (χ3v) is 3.36. The molecule has 1 fully saturated rings. The maximum atomic E-state index is 10.4. The van der Waals surface area contributed by atoms with Crippen molar-refractivity contribution in [3.63, 3.8) is 0 Å². The molecule has 0 saturated heterocycles. The predicted octanol–water partition coefficient (Wildman–Crippen LogP) is 2.84. The van der Waals surface area contributed by atoms with E-state index in [2.05, 4.69) is 18.8 Å². The fourth-order valence-electron chi connectivity index (χ4n) is 2.22. The second-order valence-corrected chi connectivity index (χ2v) is 4.35. The van der Waals surface area contributed by atoms with Gasteiger partial charge in [0.25, 0.3) is 0 Å². The molecular weight excluding hydrogens is 190 g/mol. The molecule has 0 aromatic carbocycles. The van der Waals surface area contributed by atoms with E-state index in [1.807, 2.05) is 0 Å². The van der Waals surface area contributed by atoms with Gasteiger partial charge in [0.2, 0.25) is 6.08 Å². The van der Waals surface area contributed by atoms with Gasteiger partial charge in [-0.3, -0.25) is 0 Å². The second kappa shape index (κ2) is 6.04. The summed E-state index contributed by atoms with van der Waals surface area (Å²) < 4.78 is 5.71. The van der Waals surface area contributed by atoms with Crippen LogP contribution in [0.2, 0.25) is 0 Å². The Morgan fingerprint density at radius 3 is 2.53 bits per heavy atom. The van der Waals surface area contributed by atoms with E-state index < -0.39 is 0 Å². The number of rotatable bonds is 5. The third kappa shape index (κ3) is 3.44. The fourth-order valence-corrected chi connectivity index (χ4v) is 2.22. The summed E-state index contributed by atoms with van der Waals surface area (Å²) in [4.78, 5) is 14.4. The van der Waals surface area contributed by atoms with Gasteiger partial charge >= 0.3 is 0 Å². The van der Waals surface area contributed by atoms with Gasteiger partial charge in [0.1, 0.15) is 0 Å². The number of nitrogens with zero attached hydrogens (tertiary/aromatic N) is 1. The summed E-state index contributed by atoms with van der Waals surface area (Å²) in [6.45, 7) is 5.06. The molecule has 0 bridgehead atoms. The van der Waals surface area contributed by atoms with Gasteiger partial charge in [-0.25, -0.2) is 4.79 Å². The van der Waals surface area contributed by atoms with Gasteiger partial charge < -0.3 is 4.74 Å². The Labute approximate surface area is 91.9 Å². The van der Waals surface area contributed by atoms with Crippen LogP contribution < -0.4 is 0 Å². The Balaban J connectivity index is 2.42. The Bertz CT molecular complexity index is 226. The largest absolute Gasteiger partial charge is 0.378 e. The quantitative estimate of drug-likeness (QED) is 0.518. The summed E-state index contributed by atoms with van der Waals surface area (Å²) in [6.07, 6.45) is 8.09. The minimum absolute atomic E-state index is 0.131. The normalized spacial score (nSPS) is 30.9. The molecule has 1 aliphatic rings. The summed E-state index contributed by atoms with van der Waals surface area (Å²) in [5, 5.41) is 0. The fraction of sp³-hybridized carbons (Fsp3) is 0.917. The molecule has 0 N–H and O–H groups in total. The summed E-state index contributed by atoms with van der Waals surface area (Å²) >= 11 is 0. The van der Waals surface area contributed by atoms with E-state index in [1.165, 1.54) is 0 Å². The van der Waals surface area contributed by atoms with E-state index in [-0.39, 0.29) is 5.54 Å². The van der Waals surface area contributed by atoms with Crippen molar-refractivity contribution in [3.05, 3.63) is 0 Å². The van der Waals surface area contributed by atoms with Crippen LogP contribution in [0, 0.1) is 0 Å².